The molecule has 0 spiro atoms. The maximum atomic E-state index is 12.8. The van der Waals surface area contributed by atoms with Crippen molar-refractivity contribution in [2.24, 2.45) is 11.7 Å². The van der Waals surface area contributed by atoms with E-state index in [2.05, 4.69) is 10.2 Å². The number of hydrogen-bond acceptors (Lipinski definition) is 5. The van der Waals surface area contributed by atoms with E-state index in [-0.39, 0.29) is 35.9 Å². The molecule has 1 aliphatic heterocycles. The van der Waals surface area contributed by atoms with Gasteiger partial charge >= 0.3 is 12.0 Å². The predicted octanol–water partition coefficient (Wildman–Crippen LogP) is 3.24. The number of anilines is 1. The minimum Gasteiger partial charge on any atom is -0.462 e. The summed E-state index contributed by atoms with van der Waals surface area (Å²) in [6.07, 6.45) is 8.96. The summed E-state index contributed by atoms with van der Waals surface area (Å²) in [5.74, 6) is 0.0235. The van der Waals surface area contributed by atoms with Crippen molar-refractivity contribution in [3.8, 4) is 0 Å². The van der Waals surface area contributed by atoms with Gasteiger partial charge in [-0.2, -0.15) is 0 Å². The van der Waals surface area contributed by atoms with Crippen LogP contribution in [0.25, 0.3) is 0 Å². The van der Waals surface area contributed by atoms with E-state index in [0.29, 0.717) is 18.7 Å². The molecule has 0 unspecified atom stereocenters. The van der Waals surface area contributed by atoms with Gasteiger partial charge in [-0.05, 0) is 75.6 Å². The highest BCUT2D eigenvalue weighted by atomic mass is 16.5. The second-order valence-corrected chi connectivity index (χ2v) is 9.63. The molecule has 0 radical (unpaired) electrons. The Labute approximate surface area is 196 Å². The maximum absolute atomic E-state index is 12.8. The van der Waals surface area contributed by atoms with E-state index in [0.717, 1.165) is 70.1 Å². The molecule has 3 fully saturated rings. The smallest absolute Gasteiger partial charge is 0.317 e. The molecule has 2 aliphatic carbocycles. The van der Waals surface area contributed by atoms with Crippen LogP contribution in [0, 0.1) is 11.3 Å². The van der Waals surface area contributed by atoms with Crippen LogP contribution in [-0.4, -0.2) is 61.1 Å². The molecule has 8 heteroatoms. The number of ether oxygens (including phenoxy) is 1. The first-order valence-corrected chi connectivity index (χ1v) is 12.4. The van der Waals surface area contributed by atoms with Gasteiger partial charge in [0.05, 0.1) is 5.92 Å². The van der Waals surface area contributed by atoms with Crippen LogP contribution in [0.1, 0.15) is 63.4 Å². The van der Waals surface area contributed by atoms with Crippen molar-refractivity contribution in [2.45, 2.75) is 69.9 Å². The van der Waals surface area contributed by atoms with E-state index in [4.69, 9.17) is 15.9 Å². The van der Waals surface area contributed by atoms with Crippen LogP contribution in [0.4, 0.5) is 10.5 Å². The Morgan fingerprint density at radius 1 is 0.909 bits per heavy atom. The Balaban J connectivity index is 1.17. The SMILES string of the molecule is N=C(N)c1ccc(N2CCN(C(=O)NC3CCC(C(=O)OC4CCCCC4)CC3)CC2)cc1. The van der Waals surface area contributed by atoms with Crippen LogP contribution in [0.15, 0.2) is 24.3 Å². The van der Waals surface area contributed by atoms with E-state index in [9.17, 15) is 9.59 Å². The van der Waals surface area contributed by atoms with Crippen molar-refractivity contribution < 1.29 is 14.3 Å². The molecule has 0 aromatic heterocycles. The summed E-state index contributed by atoms with van der Waals surface area (Å²) in [4.78, 5) is 29.4. The molecule has 3 aliphatic rings. The lowest BCUT2D eigenvalue weighted by Gasteiger charge is -2.37. The van der Waals surface area contributed by atoms with Crippen LogP contribution in [0.3, 0.4) is 0 Å². The summed E-state index contributed by atoms with van der Waals surface area (Å²) in [6, 6.07) is 7.80. The first kappa shape index (κ1) is 23.4. The van der Waals surface area contributed by atoms with Crippen LogP contribution < -0.4 is 16.0 Å². The maximum Gasteiger partial charge on any atom is 0.317 e. The fourth-order valence-electron chi connectivity index (χ4n) is 5.20. The summed E-state index contributed by atoms with van der Waals surface area (Å²) in [5, 5.41) is 10.7. The summed E-state index contributed by atoms with van der Waals surface area (Å²) in [7, 11) is 0. The molecule has 4 rings (SSSR count). The minimum atomic E-state index is -0.0286. The largest absolute Gasteiger partial charge is 0.462 e. The summed E-state index contributed by atoms with van der Waals surface area (Å²) < 4.78 is 5.75. The van der Waals surface area contributed by atoms with Gasteiger partial charge in [0.1, 0.15) is 11.9 Å². The van der Waals surface area contributed by atoms with Crippen molar-refractivity contribution in [3.63, 3.8) is 0 Å². The number of carbonyl (C=O) groups excluding carboxylic acids is 2. The first-order valence-electron chi connectivity index (χ1n) is 12.4. The highest BCUT2D eigenvalue weighted by Gasteiger charge is 2.31. The molecule has 0 atom stereocenters. The molecule has 2 saturated carbocycles. The van der Waals surface area contributed by atoms with Crippen molar-refractivity contribution >= 4 is 23.5 Å². The lowest BCUT2D eigenvalue weighted by Crippen LogP contribution is -2.54. The van der Waals surface area contributed by atoms with Gasteiger partial charge in [0.2, 0.25) is 0 Å². The van der Waals surface area contributed by atoms with Crippen LogP contribution in [0.5, 0.6) is 0 Å². The quantitative estimate of drug-likeness (QED) is 0.359. The molecule has 8 nitrogen and oxygen atoms in total. The van der Waals surface area contributed by atoms with Gasteiger partial charge in [-0.1, -0.05) is 6.42 Å². The number of carbonyl (C=O) groups is 2. The number of nitrogen functional groups attached to an aromatic ring is 1. The van der Waals surface area contributed by atoms with Crippen LogP contribution >= 0.6 is 0 Å². The average molecular weight is 456 g/mol. The summed E-state index contributed by atoms with van der Waals surface area (Å²) in [6.45, 7) is 2.88. The number of nitrogens with one attached hydrogen (secondary N) is 2. The number of nitrogens with two attached hydrogens (primary N) is 1. The van der Waals surface area contributed by atoms with Gasteiger partial charge in [0.25, 0.3) is 0 Å². The zero-order valence-corrected chi connectivity index (χ0v) is 19.4. The van der Waals surface area contributed by atoms with E-state index < -0.39 is 0 Å². The fourth-order valence-corrected chi connectivity index (χ4v) is 5.20. The molecular formula is C25H37N5O3. The third kappa shape index (κ3) is 6.18. The molecule has 180 valence electrons. The number of esters is 1. The van der Waals surface area contributed by atoms with Gasteiger partial charge in [0, 0.05) is 43.5 Å². The van der Waals surface area contributed by atoms with Crippen molar-refractivity contribution in [1.29, 1.82) is 5.41 Å². The van der Waals surface area contributed by atoms with Crippen LogP contribution in [-0.2, 0) is 9.53 Å². The normalized spacial score (nSPS) is 24.2. The summed E-state index contributed by atoms with van der Waals surface area (Å²) >= 11 is 0. The number of nitrogens with zero attached hydrogens (tertiary/aromatic N) is 2. The van der Waals surface area contributed by atoms with Gasteiger partial charge in [-0.3, -0.25) is 10.2 Å². The lowest BCUT2D eigenvalue weighted by molar-refractivity contribution is -0.156. The Bertz CT molecular complexity index is 821. The van der Waals surface area contributed by atoms with Gasteiger partial charge in [-0.25, -0.2) is 4.79 Å². The van der Waals surface area contributed by atoms with Gasteiger partial charge in [0.15, 0.2) is 0 Å². The second kappa shape index (κ2) is 10.9. The molecule has 1 aromatic carbocycles. The Morgan fingerprint density at radius 3 is 2.15 bits per heavy atom. The number of hydrogen-bond donors (Lipinski definition) is 3. The lowest BCUT2D eigenvalue weighted by atomic mass is 9.86. The first-order chi connectivity index (χ1) is 16.0. The number of piperazine rings is 1. The highest BCUT2D eigenvalue weighted by molar-refractivity contribution is 5.95. The average Bonchev–Trinajstić information content (AvgIpc) is 2.85. The number of amidine groups is 1. The van der Waals surface area contributed by atoms with E-state index in [1.54, 1.807) is 0 Å². The molecule has 4 N–H and O–H groups in total. The third-order valence-electron chi connectivity index (χ3n) is 7.33. The Morgan fingerprint density at radius 2 is 1.55 bits per heavy atom. The number of urea groups is 1. The second-order valence-electron chi connectivity index (χ2n) is 9.63. The van der Waals surface area contributed by atoms with Gasteiger partial charge < -0.3 is 25.6 Å². The van der Waals surface area contributed by atoms with Crippen molar-refractivity contribution in [3.05, 3.63) is 29.8 Å². The fraction of sp³-hybridized carbons (Fsp3) is 0.640. The van der Waals surface area contributed by atoms with E-state index in [1.165, 1.54) is 6.42 Å². The molecule has 1 heterocycles. The zero-order valence-electron chi connectivity index (χ0n) is 19.4. The zero-order chi connectivity index (χ0) is 23.2. The topological polar surface area (TPSA) is 112 Å². The van der Waals surface area contributed by atoms with E-state index in [1.807, 2.05) is 29.2 Å². The standard InChI is InChI=1S/C25H37N5O3/c26-23(27)18-8-12-21(13-9-18)29-14-16-30(17-15-29)25(32)28-20-10-6-19(7-11-20)24(31)33-22-4-2-1-3-5-22/h8-9,12-13,19-20,22H,1-7,10-11,14-17H2,(H3,26,27)(H,28,32). The van der Waals surface area contributed by atoms with Gasteiger partial charge in [-0.15, -0.1) is 0 Å². The molecule has 1 saturated heterocycles. The minimum absolute atomic E-state index is 0.00481. The number of rotatable bonds is 5. The predicted molar refractivity (Wildman–Crippen MR) is 128 cm³/mol. The molecule has 2 amide bonds. The molecular weight excluding hydrogens is 418 g/mol. The Kier molecular flexibility index (Phi) is 7.73. The number of amides is 2. The molecule has 1 aromatic rings. The van der Waals surface area contributed by atoms with Crippen LogP contribution in [0.2, 0.25) is 0 Å². The Hall–Kier alpha value is -2.77. The molecule has 33 heavy (non-hydrogen) atoms. The molecule has 0 bridgehead atoms. The van der Waals surface area contributed by atoms with Crippen molar-refractivity contribution in [1.82, 2.24) is 10.2 Å². The van der Waals surface area contributed by atoms with Crippen molar-refractivity contribution in [2.75, 3.05) is 31.1 Å². The number of benzene rings is 1. The summed E-state index contributed by atoms with van der Waals surface area (Å²) in [5.41, 5.74) is 7.32. The highest BCUT2D eigenvalue weighted by Crippen LogP contribution is 2.28. The monoisotopic (exact) mass is 455 g/mol. The third-order valence-corrected chi connectivity index (χ3v) is 7.33. The van der Waals surface area contributed by atoms with E-state index >= 15 is 0 Å².